The van der Waals surface area contributed by atoms with Gasteiger partial charge in [-0.1, -0.05) is 94.9 Å². The molecule has 1 saturated carbocycles. The summed E-state index contributed by atoms with van der Waals surface area (Å²) in [7, 11) is 0. The van der Waals surface area contributed by atoms with Gasteiger partial charge in [-0.05, 0) is 74.6 Å². The lowest BCUT2D eigenvalue weighted by molar-refractivity contribution is -0.256. The van der Waals surface area contributed by atoms with Crippen molar-refractivity contribution in [3.05, 3.63) is 48.1 Å². The molecule has 1 aromatic carbocycles. The molecule has 3 aliphatic rings. The van der Waals surface area contributed by atoms with E-state index in [2.05, 4.69) is 24.9 Å². The van der Waals surface area contributed by atoms with Gasteiger partial charge in [-0.15, -0.1) is 18.2 Å². The number of rotatable bonds is 33. The van der Waals surface area contributed by atoms with Crippen LogP contribution in [0.3, 0.4) is 0 Å². The Hall–Kier alpha value is -3.40. The second-order valence-corrected chi connectivity index (χ2v) is 17.4. The van der Waals surface area contributed by atoms with E-state index in [1.807, 2.05) is 13.0 Å². The number of benzene rings is 1. The fourth-order valence-corrected chi connectivity index (χ4v) is 9.79. The Morgan fingerprint density at radius 1 is 0.938 bits per heavy atom. The fraction of sp³-hybridized carbons (Fsp3) is 0.735. The van der Waals surface area contributed by atoms with Crippen molar-refractivity contribution in [3.8, 4) is 11.5 Å². The molecule has 0 bridgehead atoms. The zero-order valence-corrected chi connectivity index (χ0v) is 39.4. The highest BCUT2D eigenvalue weighted by molar-refractivity contribution is 6.18. The molecule has 15 heteroatoms. The predicted molar refractivity (Wildman–Crippen MR) is 249 cm³/mol. The van der Waals surface area contributed by atoms with E-state index in [0.717, 1.165) is 56.1 Å². The van der Waals surface area contributed by atoms with Crippen LogP contribution in [0.4, 0.5) is 9.59 Å². The van der Waals surface area contributed by atoms with Crippen molar-refractivity contribution >= 4 is 29.5 Å². The molecule has 0 radical (unpaired) electrons. The summed E-state index contributed by atoms with van der Waals surface area (Å²) in [4.78, 5) is 34.8. The summed E-state index contributed by atoms with van der Waals surface area (Å²) in [6.07, 6.45) is 19.3. The summed E-state index contributed by atoms with van der Waals surface area (Å²) in [6.45, 7) is 9.17. The van der Waals surface area contributed by atoms with Crippen molar-refractivity contribution < 1.29 is 53.4 Å². The molecule has 0 aromatic heterocycles. The summed E-state index contributed by atoms with van der Waals surface area (Å²) >= 11 is 6.01. The van der Waals surface area contributed by atoms with E-state index in [4.69, 9.17) is 45.3 Å². The van der Waals surface area contributed by atoms with Crippen LogP contribution in [0.1, 0.15) is 134 Å². The number of nitrogens with zero attached hydrogens (tertiary/aromatic N) is 2. The molecule has 1 heterocycles. The van der Waals surface area contributed by atoms with Crippen LogP contribution in [0.25, 0.3) is 0 Å². The number of hydrogen-bond acceptors (Lipinski definition) is 12. The third kappa shape index (κ3) is 15.3. The van der Waals surface area contributed by atoms with Gasteiger partial charge in [-0.3, -0.25) is 4.90 Å². The van der Waals surface area contributed by atoms with Crippen LogP contribution in [-0.4, -0.2) is 122 Å². The Bertz CT molecular complexity index is 1600. The van der Waals surface area contributed by atoms with Gasteiger partial charge in [0.05, 0.1) is 43.9 Å². The fourth-order valence-electron chi connectivity index (χ4n) is 9.71. The summed E-state index contributed by atoms with van der Waals surface area (Å²) in [5.74, 6) is -1.40. The topological polar surface area (TPSA) is 178 Å². The van der Waals surface area contributed by atoms with Gasteiger partial charge < -0.3 is 49.2 Å². The first kappa shape index (κ1) is 53.2. The largest absolute Gasteiger partial charge is 0.459 e. The van der Waals surface area contributed by atoms with E-state index >= 15 is 0 Å². The van der Waals surface area contributed by atoms with Crippen LogP contribution >= 0.6 is 11.6 Å². The highest BCUT2D eigenvalue weighted by Crippen LogP contribution is 2.62. The molecule has 6 atom stereocenters. The minimum atomic E-state index is -1.51. The molecular formula is C49H78ClN3O11. The lowest BCUT2D eigenvalue weighted by Gasteiger charge is -2.59. The first-order chi connectivity index (χ1) is 31.3. The number of allylic oxidation sites excluding steroid dienone is 1. The van der Waals surface area contributed by atoms with Gasteiger partial charge in [-0.2, -0.15) is 0 Å². The molecule has 362 valence electrons. The Morgan fingerprint density at radius 2 is 1.66 bits per heavy atom. The van der Waals surface area contributed by atoms with Crippen LogP contribution in [0, 0.1) is 17.8 Å². The van der Waals surface area contributed by atoms with Gasteiger partial charge in [0, 0.05) is 44.2 Å². The number of oxime groups is 1. The van der Waals surface area contributed by atoms with Crippen LogP contribution in [0.15, 0.2) is 47.7 Å². The van der Waals surface area contributed by atoms with Gasteiger partial charge in [0.1, 0.15) is 30.8 Å². The number of nitrogens with one attached hydrogen (secondary N) is 1. The van der Waals surface area contributed by atoms with Crippen LogP contribution in [0.2, 0.25) is 0 Å². The predicted octanol–water partition coefficient (Wildman–Crippen LogP) is 9.04. The number of aliphatic hydroxyl groups is 3. The summed E-state index contributed by atoms with van der Waals surface area (Å²) in [6, 6.07) is 4.58. The SMILES string of the molecule is C=CCOC12Oc3ccc(OC(=O)NCCCCCCCCCCCC)cc3C3C(CCCCO)C(CCCCO)C=C(C(=NOCC)CC1N(CCOCCO)C(=O)OCCCl)C32. The van der Waals surface area contributed by atoms with E-state index < -0.39 is 29.9 Å². The van der Waals surface area contributed by atoms with Gasteiger partial charge >= 0.3 is 12.2 Å². The standard InChI is InChI=1S/C49H78ClN3O11/c1-4-7-8-9-10-11-12-13-14-17-25-51-47(57)63-38-22-23-43-41(35-38)45-39(21-16-19-28-55)37(20-15-18-27-54)34-40-42(52-62-6-3)36-44(49(64-43,46(40)45)61-30-5-2)53(26-32-59-33-29-56)48(58)60-31-24-50/h5,22-23,34-35,37,39,44-46,54-56H,2,4,6-21,24-33,36H2,1,3H3,(H,51,57). The maximum atomic E-state index is 14.2. The second-order valence-electron chi connectivity index (χ2n) is 17.0. The molecule has 0 saturated heterocycles. The maximum absolute atomic E-state index is 14.2. The van der Waals surface area contributed by atoms with Crippen molar-refractivity contribution in [2.45, 2.75) is 141 Å². The number of alkyl halides is 1. The van der Waals surface area contributed by atoms with Crippen molar-refractivity contribution in [3.63, 3.8) is 0 Å². The monoisotopic (exact) mass is 920 g/mol. The molecule has 2 aliphatic carbocycles. The van der Waals surface area contributed by atoms with Crippen molar-refractivity contribution in [2.75, 3.05) is 71.8 Å². The van der Waals surface area contributed by atoms with Crippen molar-refractivity contribution in [2.24, 2.45) is 22.9 Å². The number of ether oxygens (including phenoxy) is 5. The van der Waals surface area contributed by atoms with Crippen LogP contribution in [-0.2, 0) is 19.0 Å². The van der Waals surface area contributed by atoms with Crippen LogP contribution in [0.5, 0.6) is 11.5 Å². The molecule has 64 heavy (non-hydrogen) atoms. The Kier molecular flexibility index (Phi) is 24.9. The van der Waals surface area contributed by atoms with Crippen molar-refractivity contribution in [1.82, 2.24) is 10.2 Å². The number of carbonyl (C=O) groups is 2. The van der Waals surface area contributed by atoms with Gasteiger partial charge in [0.15, 0.2) is 0 Å². The van der Waals surface area contributed by atoms with Gasteiger partial charge in [0.2, 0.25) is 5.79 Å². The molecule has 1 aliphatic heterocycles. The number of halogens is 1. The minimum Gasteiger partial charge on any atom is -0.459 e. The normalized spacial score (nSPS) is 22.8. The maximum Gasteiger partial charge on any atom is 0.412 e. The molecular weight excluding hydrogens is 842 g/mol. The van der Waals surface area contributed by atoms with Gasteiger partial charge in [0.25, 0.3) is 0 Å². The van der Waals surface area contributed by atoms with Gasteiger partial charge in [-0.25, -0.2) is 9.59 Å². The Labute approximate surface area is 387 Å². The molecule has 0 spiro atoms. The number of carbonyl (C=O) groups excluding carboxylic acids is 2. The first-order valence-electron chi connectivity index (χ1n) is 24.2. The average Bonchev–Trinajstić information content (AvgIpc) is 3.30. The Balaban J connectivity index is 1.77. The molecule has 1 fully saturated rings. The highest BCUT2D eigenvalue weighted by atomic mass is 35.5. The second kappa shape index (κ2) is 30.0. The lowest BCUT2D eigenvalue weighted by atomic mass is 9.55. The van der Waals surface area contributed by atoms with Crippen LogP contribution < -0.4 is 14.8 Å². The molecule has 1 aromatic rings. The molecule has 14 nitrogen and oxygen atoms in total. The highest BCUT2D eigenvalue weighted by Gasteiger charge is 2.65. The molecule has 2 amide bonds. The van der Waals surface area contributed by atoms with Crippen molar-refractivity contribution in [1.29, 1.82) is 0 Å². The Morgan fingerprint density at radius 3 is 2.33 bits per heavy atom. The molecule has 6 unspecified atom stereocenters. The summed E-state index contributed by atoms with van der Waals surface area (Å²) in [5.41, 5.74) is 2.34. The molecule has 4 N–H and O–H groups in total. The number of unbranched alkanes of at least 4 members (excludes halogenated alkanes) is 11. The average molecular weight is 921 g/mol. The number of fused-ring (bicyclic) bond motifs is 2. The quantitative estimate of drug-likeness (QED) is 0.0229. The smallest absolute Gasteiger partial charge is 0.412 e. The third-order valence-electron chi connectivity index (χ3n) is 12.6. The minimum absolute atomic E-state index is 0.0228. The lowest BCUT2D eigenvalue weighted by Crippen LogP contribution is -2.70. The van der Waals surface area contributed by atoms with E-state index in [-0.39, 0.29) is 82.8 Å². The molecule has 4 rings (SSSR count). The number of aliphatic hydroxyl groups excluding tert-OH is 3. The summed E-state index contributed by atoms with van der Waals surface area (Å²) in [5, 5.41) is 36.9. The van der Waals surface area contributed by atoms with E-state index in [9.17, 15) is 24.9 Å². The zero-order chi connectivity index (χ0) is 46.0. The van der Waals surface area contributed by atoms with E-state index in [1.165, 1.54) is 44.9 Å². The number of amides is 2. The van der Waals surface area contributed by atoms with E-state index in [1.54, 1.807) is 23.1 Å². The summed E-state index contributed by atoms with van der Waals surface area (Å²) < 4.78 is 31.5. The third-order valence-corrected chi connectivity index (χ3v) is 12.7. The first-order valence-corrected chi connectivity index (χ1v) is 24.7. The van der Waals surface area contributed by atoms with E-state index in [0.29, 0.717) is 43.2 Å². The number of hydrogen-bond donors (Lipinski definition) is 4. The zero-order valence-electron chi connectivity index (χ0n) is 38.7.